The zero-order valence-corrected chi connectivity index (χ0v) is 12.7. The Balaban J connectivity index is 2.50. The van der Waals surface area contributed by atoms with E-state index in [0.29, 0.717) is 17.9 Å². The van der Waals surface area contributed by atoms with E-state index in [9.17, 15) is 9.59 Å². The number of amides is 2. The largest absolute Gasteiger partial charge is 0.342 e. The van der Waals surface area contributed by atoms with Crippen LogP contribution in [0.4, 0.5) is 5.69 Å². The maximum absolute atomic E-state index is 12.6. The second kappa shape index (κ2) is 5.83. The lowest BCUT2D eigenvalue weighted by Gasteiger charge is -2.39. The number of benzene rings is 1. The quantitative estimate of drug-likeness (QED) is 0.932. The van der Waals surface area contributed by atoms with E-state index >= 15 is 0 Å². The Morgan fingerprint density at radius 2 is 1.95 bits per heavy atom. The molecule has 5 heteroatoms. The molecule has 4 nitrogen and oxygen atoms in total. The highest BCUT2D eigenvalue weighted by molar-refractivity contribution is 6.31. The van der Waals surface area contributed by atoms with Crippen molar-refractivity contribution < 1.29 is 9.59 Å². The fraction of sp³-hybridized carbons (Fsp3) is 0.467. The van der Waals surface area contributed by atoms with Crippen LogP contribution in [-0.4, -0.2) is 23.9 Å². The van der Waals surface area contributed by atoms with Crippen LogP contribution in [0.15, 0.2) is 18.2 Å². The third-order valence-electron chi connectivity index (χ3n) is 3.69. The molecular weight excluding hydrogens is 276 g/mol. The minimum absolute atomic E-state index is 0.0654. The van der Waals surface area contributed by atoms with Crippen molar-refractivity contribution in [3.8, 4) is 0 Å². The highest BCUT2D eigenvalue weighted by atomic mass is 35.5. The van der Waals surface area contributed by atoms with Crippen LogP contribution in [-0.2, 0) is 9.59 Å². The van der Waals surface area contributed by atoms with Gasteiger partial charge in [0.05, 0.1) is 0 Å². The number of hydrogen-bond acceptors (Lipinski definition) is 2. The Bertz CT molecular complexity index is 545. The van der Waals surface area contributed by atoms with E-state index in [1.165, 1.54) is 0 Å². The highest BCUT2D eigenvalue weighted by Gasteiger charge is 2.40. The molecule has 1 fully saturated rings. The molecule has 108 valence electrons. The second-order valence-corrected chi connectivity index (χ2v) is 5.47. The summed E-state index contributed by atoms with van der Waals surface area (Å²) in [6, 6.07) is 4.48. The van der Waals surface area contributed by atoms with Gasteiger partial charge < -0.3 is 5.32 Å². The zero-order valence-electron chi connectivity index (χ0n) is 11.9. The van der Waals surface area contributed by atoms with Crippen LogP contribution in [0.2, 0.25) is 5.02 Å². The first-order chi connectivity index (χ1) is 9.49. The molecule has 0 saturated carbocycles. The molecule has 2 rings (SSSR count). The van der Waals surface area contributed by atoms with Gasteiger partial charge in [0.25, 0.3) is 0 Å². The third-order valence-corrected chi connectivity index (χ3v) is 3.93. The molecule has 0 spiro atoms. The van der Waals surface area contributed by atoms with Crippen LogP contribution < -0.4 is 10.2 Å². The standard InChI is InChI=1S/C15H19ClN2O2/c1-4-11-15(20)18(12(5-2)14(19)17-11)13-8-10(16)7-6-9(13)3/h6-8,11-12H,4-5H2,1-3H3,(H,17,19). The lowest BCUT2D eigenvalue weighted by atomic mass is 10.0. The molecule has 1 heterocycles. The molecule has 2 atom stereocenters. The SMILES string of the molecule is CCC1NC(=O)C(CC)N(c2cc(Cl)ccc2C)C1=O. The summed E-state index contributed by atoms with van der Waals surface area (Å²) in [7, 11) is 0. The summed E-state index contributed by atoms with van der Waals surface area (Å²) in [5, 5.41) is 3.35. The number of carbonyl (C=O) groups excluding carboxylic acids is 2. The van der Waals surface area contributed by atoms with E-state index in [-0.39, 0.29) is 11.8 Å². The van der Waals surface area contributed by atoms with Crippen molar-refractivity contribution in [2.75, 3.05) is 4.90 Å². The monoisotopic (exact) mass is 294 g/mol. The fourth-order valence-corrected chi connectivity index (χ4v) is 2.71. The molecule has 1 saturated heterocycles. The normalized spacial score (nSPS) is 22.9. The Kier molecular flexibility index (Phi) is 4.33. The van der Waals surface area contributed by atoms with Crippen molar-refractivity contribution in [2.24, 2.45) is 0 Å². The minimum Gasteiger partial charge on any atom is -0.342 e. The Hall–Kier alpha value is -1.55. The van der Waals surface area contributed by atoms with Crippen molar-refractivity contribution in [3.63, 3.8) is 0 Å². The van der Waals surface area contributed by atoms with E-state index < -0.39 is 12.1 Å². The maximum atomic E-state index is 12.6. The molecule has 1 aliphatic heterocycles. The predicted octanol–water partition coefficient (Wildman–Crippen LogP) is 2.67. The molecule has 0 aromatic heterocycles. The van der Waals surface area contributed by atoms with Crippen molar-refractivity contribution >= 4 is 29.1 Å². The van der Waals surface area contributed by atoms with Crippen molar-refractivity contribution in [3.05, 3.63) is 28.8 Å². The van der Waals surface area contributed by atoms with Gasteiger partial charge in [-0.1, -0.05) is 31.5 Å². The summed E-state index contributed by atoms with van der Waals surface area (Å²) < 4.78 is 0. The van der Waals surface area contributed by atoms with Crippen molar-refractivity contribution in [1.29, 1.82) is 0 Å². The zero-order chi connectivity index (χ0) is 14.9. The summed E-state index contributed by atoms with van der Waals surface area (Å²) in [4.78, 5) is 26.4. The molecule has 1 N–H and O–H groups in total. The topological polar surface area (TPSA) is 49.4 Å². The van der Waals surface area contributed by atoms with Crippen molar-refractivity contribution in [2.45, 2.75) is 45.7 Å². The van der Waals surface area contributed by atoms with Gasteiger partial charge in [-0.3, -0.25) is 14.5 Å². The average Bonchev–Trinajstić information content (AvgIpc) is 2.43. The van der Waals surface area contributed by atoms with E-state index in [2.05, 4.69) is 5.32 Å². The number of piperazine rings is 1. The first-order valence-corrected chi connectivity index (χ1v) is 7.27. The lowest BCUT2D eigenvalue weighted by molar-refractivity contribution is -0.134. The molecule has 1 aromatic rings. The number of nitrogens with one attached hydrogen (secondary N) is 1. The Morgan fingerprint density at radius 1 is 1.25 bits per heavy atom. The third kappa shape index (κ3) is 2.52. The summed E-state index contributed by atoms with van der Waals surface area (Å²) in [5.41, 5.74) is 1.66. The molecule has 1 aliphatic rings. The number of hydrogen-bond donors (Lipinski definition) is 1. The highest BCUT2D eigenvalue weighted by Crippen LogP contribution is 2.29. The summed E-state index contributed by atoms with van der Waals surface area (Å²) in [6.45, 7) is 5.70. The number of anilines is 1. The molecule has 1 aromatic carbocycles. The molecule has 20 heavy (non-hydrogen) atoms. The molecule has 0 bridgehead atoms. The second-order valence-electron chi connectivity index (χ2n) is 5.03. The fourth-order valence-electron chi connectivity index (χ4n) is 2.54. The Labute approximate surface area is 124 Å². The van der Waals surface area contributed by atoms with Gasteiger partial charge in [-0.25, -0.2) is 0 Å². The van der Waals surface area contributed by atoms with Gasteiger partial charge in [0.15, 0.2) is 0 Å². The van der Waals surface area contributed by atoms with E-state index in [0.717, 1.165) is 11.3 Å². The summed E-state index contributed by atoms with van der Waals surface area (Å²) in [5.74, 6) is -0.164. The summed E-state index contributed by atoms with van der Waals surface area (Å²) >= 11 is 6.04. The average molecular weight is 295 g/mol. The van der Waals surface area contributed by atoms with Crippen LogP contribution in [0.25, 0.3) is 0 Å². The van der Waals surface area contributed by atoms with Crippen LogP contribution in [0.3, 0.4) is 0 Å². The van der Waals surface area contributed by atoms with Crippen molar-refractivity contribution in [1.82, 2.24) is 5.32 Å². The first-order valence-electron chi connectivity index (χ1n) is 6.89. The van der Waals surface area contributed by atoms with Crippen LogP contribution in [0.1, 0.15) is 32.3 Å². The van der Waals surface area contributed by atoms with E-state index in [1.807, 2.05) is 26.8 Å². The van der Waals surface area contributed by atoms with Gasteiger partial charge in [0.1, 0.15) is 12.1 Å². The van der Waals surface area contributed by atoms with Gasteiger partial charge in [0, 0.05) is 10.7 Å². The molecule has 0 aliphatic carbocycles. The molecule has 2 unspecified atom stereocenters. The number of rotatable bonds is 3. The Morgan fingerprint density at radius 3 is 2.55 bits per heavy atom. The van der Waals surface area contributed by atoms with E-state index in [1.54, 1.807) is 17.0 Å². The number of carbonyl (C=O) groups is 2. The number of halogens is 1. The first kappa shape index (κ1) is 14.9. The predicted molar refractivity (Wildman–Crippen MR) is 80.0 cm³/mol. The maximum Gasteiger partial charge on any atom is 0.250 e. The van der Waals surface area contributed by atoms with Gasteiger partial charge in [-0.2, -0.15) is 0 Å². The number of nitrogens with zero attached hydrogens (tertiary/aromatic N) is 1. The lowest BCUT2D eigenvalue weighted by Crippen LogP contribution is -2.63. The van der Waals surface area contributed by atoms with Gasteiger partial charge in [-0.15, -0.1) is 0 Å². The van der Waals surface area contributed by atoms with Crippen LogP contribution in [0.5, 0.6) is 0 Å². The summed E-state index contributed by atoms with van der Waals surface area (Å²) in [6.07, 6.45) is 1.15. The minimum atomic E-state index is -0.470. The molecule has 0 radical (unpaired) electrons. The van der Waals surface area contributed by atoms with E-state index in [4.69, 9.17) is 11.6 Å². The smallest absolute Gasteiger partial charge is 0.250 e. The van der Waals surface area contributed by atoms with Gasteiger partial charge in [0.2, 0.25) is 11.8 Å². The number of aryl methyl sites for hydroxylation is 1. The van der Waals surface area contributed by atoms with Gasteiger partial charge >= 0.3 is 0 Å². The molecular formula is C15H19ClN2O2. The van der Waals surface area contributed by atoms with Crippen LogP contribution >= 0.6 is 11.6 Å². The van der Waals surface area contributed by atoms with Crippen LogP contribution in [0, 0.1) is 6.92 Å². The molecule has 2 amide bonds. The van der Waals surface area contributed by atoms with Gasteiger partial charge in [-0.05, 0) is 37.5 Å².